The first-order chi connectivity index (χ1) is 16.3. The van der Waals surface area contributed by atoms with E-state index in [1.54, 1.807) is 0 Å². The Morgan fingerprint density at radius 1 is 1.12 bits per heavy atom. The van der Waals surface area contributed by atoms with Crippen molar-refractivity contribution in [1.29, 1.82) is 0 Å². The van der Waals surface area contributed by atoms with Crippen LogP contribution in [0.4, 0.5) is 0 Å². The van der Waals surface area contributed by atoms with E-state index in [1.807, 2.05) is 37.4 Å². The van der Waals surface area contributed by atoms with Crippen molar-refractivity contribution in [2.75, 3.05) is 20.2 Å². The summed E-state index contributed by atoms with van der Waals surface area (Å²) in [5, 5.41) is 3.23. The molecule has 4 fully saturated rings. The molecule has 0 radical (unpaired) electrons. The highest BCUT2D eigenvalue weighted by molar-refractivity contribution is 5.78. The zero-order chi connectivity index (χ0) is 23.9. The van der Waals surface area contributed by atoms with Gasteiger partial charge in [-0.05, 0) is 78.6 Å². The largest absolute Gasteiger partial charge is 0.367 e. The van der Waals surface area contributed by atoms with Crippen LogP contribution in [0.3, 0.4) is 0 Å². The van der Waals surface area contributed by atoms with Crippen LogP contribution in [-0.4, -0.2) is 43.0 Å². The van der Waals surface area contributed by atoms with Crippen LogP contribution in [0.2, 0.25) is 0 Å². The summed E-state index contributed by atoms with van der Waals surface area (Å²) in [6.45, 7) is 6.25. The fourth-order valence-corrected chi connectivity index (χ4v) is 8.60. The first kappa shape index (κ1) is 23.8. The number of carbonyl (C=O) groups is 2. The van der Waals surface area contributed by atoms with Gasteiger partial charge in [0.05, 0.1) is 6.61 Å². The number of piperidine rings is 1. The van der Waals surface area contributed by atoms with Gasteiger partial charge in [0.25, 0.3) is 0 Å². The minimum absolute atomic E-state index is 0.0288. The standard InChI is InChI=1S/C29H42N2O3/c1-28-13-7-10-22(28)27-21(17-30-25(32)19-34-18-20-8-5-4-6-9-20)16-24-29(2,23(27)11-14-28)15-12-26(33)31(24)3/h4-6,8-9,21-24,27H,7,10-19H2,1-3H3,(H,30,32)/t21?,22-,23+,24?,27-,28-,29+/m0/s1. The van der Waals surface area contributed by atoms with E-state index in [4.69, 9.17) is 4.74 Å². The Labute approximate surface area is 205 Å². The summed E-state index contributed by atoms with van der Waals surface area (Å²) in [5.41, 5.74) is 1.75. The Kier molecular flexibility index (Phi) is 6.52. The molecule has 186 valence electrons. The summed E-state index contributed by atoms with van der Waals surface area (Å²) in [4.78, 5) is 27.4. The van der Waals surface area contributed by atoms with E-state index >= 15 is 0 Å². The van der Waals surface area contributed by atoms with Crippen LogP contribution in [0, 0.1) is 34.5 Å². The van der Waals surface area contributed by atoms with E-state index < -0.39 is 0 Å². The van der Waals surface area contributed by atoms with Crippen molar-refractivity contribution < 1.29 is 14.3 Å². The molecule has 4 aliphatic rings. The maximum Gasteiger partial charge on any atom is 0.246 e. The predicted molar refractivity (Wildman–Crippen MR) is 133 cm³/mol. The summed E-state index contributed by atoms with van der Waals surface area (Å²) in [7, 11) is 2.01. The van der Waals surface area contributed by atoms with Crippen molar-refractivity contribution in [1.82, 2.24) is 10.2 Å². The highest BCUT2D eigenvalue weighted by Crippen LogP contribution is 2.65. The summed E-state index contributed by atoms with van der Waals surface area (Å²) in [5.74, 6) is 2.74. The van der Waals surface area contributed by atoms with Crippen LogP contribution in [0.5, 0.6) is 0 Å². The van der Waals surface area contributed by atoms with E-state index in [1.165, 1.54) is 32.1 Å². The van der Waals surface area contributed by atoms with Gasteiger partial charge in [0.15, 0.2) is 0 Å². The third-order valence-corrected chi connectivity index (χ3v) is 10.4. The molecule has 34 heavy (non-hydrogen) atoms. The minimum Gasteiger partial charge on any atom is -0.367 e. The van der Waals surface area contributed by atoms with Gasteiger partial charge >= 0.3 is 0 Å². The minimum atomic E-state index is -0.0288. The third-order valence-electron chi connectivity index (χ3n) is 10.4. The number of ether oxygens (including phenoxy) is 1. The molecule has 1 aliphatic heterocycles. The lowest BCUT2D eigenvalue weighted by atomic mass is 9.45. The Morgan fingerprint density at radius 3 is 2.71 bits per heavy atom. The van der Waals surface area contributed by atoms with E-state index in [9.17, 15) is 9.59 Å². The molecule has 1 N–H and O–H groups in total. The molecule has 3 aliphatic carbocycles. The van der Waals surface area contributed by atoms with Crippen LogP contribution in [0.25, 0.3) is 0 Å². The smallest absolute Gasteiger partial charge is 0.246 e. The number of benzene rings is 1. The van der Waals surface area contributed by atoms with Crippen molar-refractivity contribution in [2.45, 2.75) is 77.9 Å². The number of hydrogen-bond acceptors (Lipinski definition) is 3. The SMILES string of the molecule is CN1C(=O)CC[C@@]2(C)C1CC(CNC(=O)COCc1ccccc1)[C@@H]1[C@H]2CC[C@]2(C)CCC[C@@H]12. The highest BCUT2D eigenvalue weighted by atomic mass is 16.5. The summed E-state index contributed by atoms with van der Waals surface area (Å²) in [6, 6.07) is 10.3. The summed E-state index contributed by atoms with van der Waals surface area (Å²) < 4.78 is 5.68. The van der Waals surface area contributed by atoms with Crippen molar-refractivity contribution in [2.24, 2.45) is 34.5 Å². The number of rotatable bonds is 6. The Balaban J connectivity index is 1.28. The van der Waals surface area contributed by atoms with Crippen LogP contribution in [0.1, 0.15) is 70.8 Å². The van der Waals surface area contributed by atoms with Gasteiger partial charge in [0.2, 0.25) is 11.8 Å². The lowest BCUT2D eigenvalue weighted by molar-refractivity contribution is -0.166. The Morgan fingerprint density at radius 2 is 1.91 bits per heavy atom. The maximum atomic E-state index is 12.7. The average molecular weight is 467 g/mol. The average Bonchev–Trinajstić information content (AvgIpc) is 3.23. The molecule has 2 unspecified atom stereocenters. The number of nitrogens with zero attached hydrogens (tertiary/aromatic N) is 1. The zero-order valence-corrected chi connectivity index (χ0v) is 21.2. The first-order valence-corrected chi connectivity index (χ1v) is 13.5. The molecular weight excluding hydrogens is 424 g/mol. The van der Waals surface area contributed by atoms with Gasteiger partial charge in [0, 0.05) is 26.1 Å². The lowest BCUT2D eigenvalue weighted by Gasteiger charge is -2.63. The second-order valence-corrected chi connectivity index (χ2v) is 12.2. The lowest BCUT2D eigenvalue weighted by Crippen LogP contribution is -2.64. The molecule has 5 nitrogen and oxygen atoms in total. The molecule has 0 bridgehead atoms. The van der Waals surface area contributed by atoms with Gasteiger partial charge in [-0.3, -0.25) is 9.59 Å². The highest BCUT2D eigenvalue weighted by Gasteiger charge is 2.61. The van der Waals surface area contributed by atoms with E-state index in [2.05, 4.69) is 24.1 Å². The molecule has 0 aromatic heterocycles. The second kappa shape index (κ2) is 9.29. The Hall–Kier alpha value is -1.88. The molecule has 1 heterocycles. The van der Waals surface area contributed by atoms with Gasteiger partial charge < -0.3 is 15.0 Å². The van der Waals surface area contributed by atoms with Crippen LogP contribution in [0.15, 0.2) is 30.3 Å². The van der Waals surface area contributed by atoms with Gasteiger partial charge in [-0.2, -0.15) is 0 Å². The number of fused-ring (bicyclic) bond motifs is 5. The van der Waals surface area contributed by atoms with Crippen molar-refractivity contribution in [3.63, 3.8) is 0 Å². The quantitative estimate of drug-likeness (QED) is 0.655. The van der Waals surface area contributed by atoms with Gasteiger partial charge in [0.1, 0.15) is 6.61 Å². The van der Waals surface area contributed by atoms with E-state index in [0.717, 1.165) is 24.3 Å². The molecule has 3 saturated carbocycles. The molecular formula is C29H42N2O3. The van der Waals surface area contributed by atoms with Crippen LogP contribution in [-0.2, 0) is 20.9 Å². The molecule has 5 heteroatoms. The molecule has 7 atom stereocenters. The van der Waals surface area contributed by atoms with Gasteiger partial charge in [-0.25, -0.2) is 0 Å². The van der Waals surface area contributed by atoms with Gasteiger partial charge in [-0.15, -0.1) is 0 Å². The molecule has 1 aromatic rings. The molecule has 2 amide bonds. The van der Waals surface area contributed by atoms with Crippen LogP contribution >= 0.6 is 0 Å². The van der Waals surface area contributed by atoms with Crippen molar-refractivity contribution >= 4 is 11.8 Å². The number of nitrogens with one attached hydrogen (secondary N) is 1. The molecule has 1 aromatic carbocycles. The monoisotopic (exact) mass is 466 g/mol. The normalized spacial score (nSPS) is 39.2. The molecule has 5 rings (SSSR count). The van der Waals surface area contributed by atoms with Crippen LogP contribution < -0.4 is 5.32 Å². The third kappa shape index (κ3) is 4.19. The number of amides is 2. The van der Waals surface area contributed by atoms with Crippen molar-refractivity contribution in [3.8, 4) is 0 Å². The number of hydrogen-bond donors (Lipinski definition) is 1. The Bertz CT molecular complexity index is 904. The summed E-state index contributed by atoms with van der Waals surface area (Å²) >= 11 is 0. The number of likely N-dealkylation sites (tertiary alicyclic amines) is 1. The topological polar surface area (TPSA) is 58.6 Å². The number of carbonyl (C=O) groups excluding carboxylic acids is 2. The first-order valence-electron chi connectivity index (χ1n) is 13.5. The molecule has 1 saturated heterocycles. The van der Waals surface area contributed by atoms with Crippen molar-refractivity contribution in [3.05, 3.63) is 35.9 Å². The zero-order valence-electron chi connectivity index (χ0n) is 21.2. The van der Waals surface area contributed by atoms with Gasteiger partial charge in [-0.1, -0.05) is 50.6 Å². The fourth-order valence-electron chi connectivity index (χ4n) is 8.60. The second-order valence-electron chi connectivity index (χ2n) is 12.2. The van der Waals surface area contributed by atoms with E-state index in [0.29, 0.717) is 48.6 Å². The maximum absolute atomic E-state index is 12.7. The van der Waals surface area contributed by atoms with E-state index in [-0.39, 0.29) is 24.0 Å². The predicted octanol–water partition coefficient (Wildman–Crippen LogP) is 4.80. The molecule has 0 spiro atoms. The fraction of sp³-hybridized carbons (Fsp3) is 0.724. The summed E-state index contributed by atoms with van der Waals surface area (Å²) in [6.07, 6.45) is 9.35.